The van der Waals surface area contributed by atoms with Crippen molar-refractivity contribution in [3.8, 4) is 11.5 Å². The molecular weight excluding hydrogens is 341 g/mol. The highest BCUT2D eigenvalue weighted by Crippen LogP contribution is 2.29. The number of rotatable bonds is 7. The highest BCUT2D eigenvalue weighted by atomic mass is 35.5. The lowest BCUT2D eigenvalue weighted by molar-refractivity contribution is 0.284. The number of benzene rings is 2. The molecule has 0 unspecified atom stereocenters. The summed E-state index contributed by atoms with van der Waals surface area (Å²) in [7, 11) is 1.65. The molecular formula is C20H25ClFNO2. The molecule has 0 radical (unpaired) electrons. The fourth-order valence-electron chi connectivity index (χ4n) is 3.08. The van der Waals surface area contributed by atoms with E-state index in [0.29, 0.717) is 18.4 Å². The maximum atomic E-state index is 12.9. The summed E-state index contributed by atoms with van der Waals surface area (Å²) in [6.45, 7) is 1.23. The second kappa shape index (κ2) is 9.64. The Hall–Kier alpha value is -1.78. The lowest BCUT2D eigenvalue weighted by atomic mass is 10.1. The Morgan fingerprint density at radius 3 is 2.36 bits per heavy atom. The van der Waals surface area contributed by atoms with E-state index in [1.54, 1.807) is 19.2 Å². The van der Waals surface area contributed by atoms with Crippen molar-refractivity contribution in [2.45, 2.75) is 44.9 Å². The van der Waals surface area contributed by atoms with Crippen LogP contribution >= 0.6 is 12.4 Å². The number of methoxy groups -OCH3 is 1. The lowest BCUT2D eigenvalue weighted by Crippen LogP contribution is -2.25. The van der Waals surface area contributed by atoms with Crippen LogP contribution in [0.15, 0.2) is 42.5 Å². The Morgan fingerprint density at radius 1 is 1.00 bits per heavy atom. The van der Waals surface area contributed by atoms with Crippen molar-refractivity contribution in [1.29, 1.82) is 0 Å². The van der Waals surface area contributed by atoms with Crippen molar-refractivity contribution in [1.82, 2.24) is 5.32 Å². The summed E-state index contributed by atoms with van der Waals surface area (Å²) < 4.78 is 24.2. The maximum Gasteiger partial charge on any atom is 0.161 e. The van der Waals surface area contributed by atoms with Gasteiger partial charge in [0.2, 0.25) is 0 Å². The molecule has 1 fully saturated rings. The summed E-state index contributed by atoms with van der Waals surface area (Å²) in [6.07, 6.45) is 5.21. The molecule has 3 rings (SSSR count). The minimum atomic E-state index is -0.240. The number of ether oxygens (including phenoxy) is 2. The first-order valence-electron chi connectivity index (χ1n) is 8.52. The zero-order valence-electron chi connectivity index (χ0n) is 14.5. The number of hydrogen-bond donors (Lipinski definition) is 1. The number of halogens is 2. The van der Waals surface area contributed by atoms with Crippen molar-refractivity contribution >= 4 is 12.4 Å². The standard InChI is InChI=1S/C20H24FNO2.ClH/c1-23-20-12-16(13-22-18-4-2-3-5-18)8-11-19(20)24-14-15-6-9-17(21)10-7-15;/h6-12,18,22H,2-5,13-14H2,1H3;1H. The van der Waals surface area contributed by atoms with Gasteiger partial charge >= 0.3 is 0 Å². The van der Waals surface area contributed by atoms with E-state index in [0.717, 1.165) is 17.9 Å². The molecule has 0 atom stereocenters. The van der Waals surface area contributed by atoms with Crippen molar-refractivity contribution in [2.75, 3.05) is 7.11 Å². The molecule has 3 nitrogen and oxygen atoms in total. The van der Waals surface area contributed by atoms with Crippen LogP contribution in [0.3, 0.4) is 0 Å². The smallest absolute Gasteiger partial charge is 0.161 e. The van der Waals surface area contributed by atoms with E-state index in [1.807, 2.05) is 12.1 Å². The van der Waals surface area contributed by atoms with Crippen LogP contribution in [0.25, 0.3) is 0 Å². The van der Waals surface area contributed by atoms with Gasteiger partial charge in [0.15, 0.2) is 11.5 Å². The largest absolute Gasteiger partial charge is 0.493 e. The van der Waals surface area contributed by atoms with Gasteiger partial charge in [-0.1, -0.05) is 31.0 Å². The molecule has 0 amide bonds. The first-order chi connectivity index (χ1) is 11.7. The maximum absolute atomic E-state index is 12.9. The first kappa shape index (κ1) is 19.5. The molecule has 0 aliphatic heterocycles. The minimum absolute atomic E-state index is 0. The summed E-state index contributed by atoms with van der Waals surface area (Å²) >= 11 is 0. The predicted molar refractivity (Wildman–Crippen MR) is 100 cm³/mol. The van der Waals surface area contributed by atoms with Gasteiger partial charge in [-0.2, -0.15) is 0 Å². The van der Waals surface area contributed by atoms with Gasteiger partial charge < -0.3 is 14.8 Å². The predicted octanol–water partition coefficient (Wildman–Crippen LogP) is 4.87. The van der Waals surface area contributed by atoms with Crippen LogP contribution in [0, 0.1) is 5.82 Å². The zero-order valence-corrected chi connectivity index (χ0v) is 15.3. The Bertz CT molecular complexity index is 657. The average Bonchev–Trinajstić information content (AvgIpc) is 3.13. The normalized spacial score (nSPS) is 14.2. The van der Waals surface area contributed by atoms with Crippen LogP contribution in [0.4, 0.5) is 4.39 Å². The summed E-state index contributed by atoms with van der Waals surface area (Å²) in [4.78, 5) is 0. The van der Waals surface area contributed by atoms with E-state index < -0.39 is 0 Å². The monoisotopic (exact) mass is 365 g/mol. The summed E-state index contributed by atoms with van der Waals surface area (Å²) in [6, 6.07) is 13.0. The van der Waals surface area contributed by atoms with Crippen LogP contribution < -0.4 is 14.8 Å². The molecule has 2 aromatic carbocycles. The van der Waals surface area contributed by atoms with E-state index in [-0.39, 0.29) is 18.2 Å². The van der Waals surface area contributed by atoms with Crippen molar-refractivity contribution in [2.24, 2.45) is 0 Å². The number of nitrogens with one attached hydrogen (secondary N) is 1. The molecule has 25 heavy (non-hydrogen) atoms. The van der Waals surface area contributed by atoms with Crippen LogP contribution in [0.5, 0.6) is 11.5 Å². The van der Waals surface area contributed by atoms with Gasteiger partial charge in [0.1, 0.15) is 12.4 Å². The van der Waals surface area contributed by atoms with E-state index >= 15 is 0 Å². The minimum Gasteiger partial charge on any atom is -0.493 e. The van der Waals surface area contributed by atoms with Crippen LogP contribution in [0.1, 0.15) is 36.8 Å². The molecule has 0 spiro atoms. The van der Waals surface area contributed by atoms with E-state index in [1.165, 1.54) is 43.4 Å². The van der Waals surface area contributed by atoms with Gasteiger partial charge in [0.25, 0.3) is 0 Å². The molecule has 0 aromatic heterocycles. The third-order valence-electron chi connectivity index (χ3n) is 4.49. The Balaban J connectivity index is 0.00000225. The molecule has 1 N–H and O–H groups in total. The van der Waals surface area contributed by atoms with Gasteiger partial charge in [0.05, 0.1) is 7.11 Å². The summed E-state index contributed by atoms with van der Waals surface area (Å²) in [5.74, 6) is 1.18. The van der Waals surface area contributed by atoms with E-state index in [2.05, 4.69) is 11.4 Å². The second-order valence-electron chi connectivity index (χ2n) is 6.26. The SMILES string of the molecule is COc1cc(CNC2CCCC2)ccc1OCc1ccc(F)cc1.Cl. The fourth-order valence-corrected chi connectivity index (χ4v) is 3.08. The third kappa shape index (κ3) is 5.62. The molecule has 1 aliphatic rings. The quantitative estimate of drug-likeness (QED) is 0.759. The molecule has 5 heteroatoms. The van der Waals surface area contributed by atoms with Crippen LogP contribution in [-0.4, -0.2) is 13.2 Å². The third-order valence-corrected chi connectivity index (χ3v) is 4.49. The van der Waals surface area contributed by atoms with Gasteiger partial charge in [-0.3, -0.25) is 0 Å². The zero-order chi connectivity index (χ0) is 16.8. The average molecular weight is 366 g/mol. The molecule has 0 saturated heterocycles. The lowest BCUT2D eigenvalue weighted by Gasteiger charge is -2.15. The highest BCUT2D eigenvalue weighted by Gasteiger charge is 2.14. The topological polar surface area (TPSA) is 30.5 Å². The molecule has 136 valence electrons. The van der Waals surface area contributed by atoms with Gasteiger partial charge in [0, 0.05) is 12.6 Å². The van der Waals surface area contributed by atoms with Crippen molar-refractivity contribution in [3.05, 3.63) is 59.4 Å². The van der Waals surface area contributed by atoms with Crippen LogP contribution in [0.2, 0.25) is 0 Å². The van der Waals surface area contributed by atoms with Gasteiger partial charge in [-0.15, -0.1) is 12.4 Å². The Morgan fingerprint density at radius 2 is 1.68 bits per heavy atom. The van der Waals surface area contributed by atoms with Gasteiger partial charge in [-0.25, -0.2) is 4.39 Å². The second-order valence-corrected chi connectivity index (χ2v) is 6.26. The number of hydrogen-bond acceptors (Lipinski definition) is 3. The fraction of sp³-hybridized carbons (Fsp3) is 0.400. The molecule has 2 aromatic rings. The first-order valence-corrected chi connectivity index (χ1v) is 8.52. The molecule has 0 bridgehead atoms. The Labute approximate surface area is 154 Å². The van der Waals surface area contributed by atoms with Crippen molar-refractivity contribution in [3.63, 3.8) is 0 Å². The molecule has 1 saturated carbocycles. The Kier molecular flexibility index (Phi) is 7.53. The van der Waals surface area contributed by atoms with E-state index in [4.69, 9.17) is 9.47 Å². The van der Waals surface area contributed by atoms with Crippen LogP contribution in [-0.2, 0) is 13.2 Å². The van der Waals surface area contributed by atoms with E-state index in [9.17, 15) is 4.39 Å². The highest BCUT2D eigenvalue weighted by molar-refractivity contribution is 5.85. The summed E-state index contributed by atoms with van der Waals surface area (Å²) in [5.41, 5.74) is 2.11. The summed E-state index contributed by atoms with van der Waals surface area (Å²) in [5, 5.41) is 3.60. The molecule has 0 heterocycles. The molecule has 1 aliphatic carbocycles. The van der Waals surface area contributed by atoms with Crippen molar-refractivity contribution < 1.29 is 13.9 Å². The van der Waals surface area contributed by atoms with Gasteiger partial charge in [-0.05, 0) is 48.2 Å².